The fourth-order valence-corrected chi connectivity index (χ4v) is 12.4. The van der Waals surface area contributed by atoms with E-state index in [0.29, 0.717) is 25.2 Å². The Morgan fingerprint density at radius 3 is 2.26 bits per heavy atom. The Bertz CT molecular complexity index is 1220. The molecule has 262 valence electrons. The first-order valence-electron chi connectivity index (χ1n) is 17.7. The minimum Gasteiger partial charge on any atom is -0.432 e. The van der Waals surface area contributed by atoms with Crippen molar-refractivity contribution < 1.29 is 50.0 Å². The van der Waals surface area contributed by atoms with E-state index in [-0.39, 0.29) is 46.5 Å². The van der Waals surface area contributed by atoms with Crippen molar-refractivity contribution >= 4 is 5.97 Å². The summed E-state index contributed by atoms with van der Waals surface area (Å²) in [6, 6.07) is 0. The van der Waals surface area contributed by atoms with E-state index >= 15 is 0 Å². The number of ether oxygens (including phenoxy) is 2. The van der Waals surface area contributed by atoms with Crippen molar-refractivity contribution in [3.05, 3.63) is 11.6 Å². The van der Waals surface area contributed by atoms with Gasteiger partial charge in [-0.3, -0.25) is 4.79 Å². The number of esters is 1. The first-order chi connectivity index (χ1) is 21.5. The van der Waals surface area contributed by atoms with Gasteiger partial charge in [0.05, 0.1) is 30.8 Å². The van der Waals surface area contributed by atoms with E-state index in [2.05, 4.69) is 40.7 Å². The van der Waals surface area contributed by atoms with Gasteiger partial charge in [-0.25, -0.2) is 0 Å². The maximum absolute atomic E-state index is 14.4. The van der Waals surface area contributed by atoms with Crippen molar-refractivity contribution in [2.45, 2.75) is 136 Å². The average molecular weight is 651 g/mol. The van der Waals surface area contributed by atoms with E-state index in [1.165, 1.54) is 5.57 Å². The molecular weight excluding hydrogens is 592 g/mol. The Balaban J connectivity index is 1.37. The molecule has 0 aromatic carbocycles. The predicted octanol–water partition coefficient (Wildman–Crippen LogP) is 2.29. The Morgan fingerprint density at radius 1 is 0.913 bits per heavy atom. The van der Waals surface area contributed by atoms with Gasteiger partial charge < -0.3 is 45.2 Å². The second kappa shape index (κ2) is 11.5. The zero-order valence-corrected chi connectivity index (χ0v) is 28.4. The Hall–Kier alpha value is -1.11. The van der Waals surface area contributed by atoms with E-state index in [1.54, 1.807) is 0 Å². The highest BCUT2D eigenvalue weighted by Gasteiger charge is 2.71. The third-order valence-electron chi connectivity index (χ3n) is 15.6. The van der Waals surface area contributed by atoms with Crippen LogP contribution in [-0.4, -0.2) is 97.8 Å². The van der Waals surface area contributed by atoms with Gasteiger partial charge in [0.25, 0.3) is 0 Å². The normalized spacial score (nSPS) is 56.8. The van der Waals surface area contributed by atoms with Gasteiger partial charge in [0, 0.05) is 5.41 Å². The SMILES string of the molecule is C[C@H]1[C@H](C)CC[C@]2(C(=O)O[C@@H]3O[C@H](CO)[C@@H](O)[C@H](O)[C@H]3O)CC[C@]3(C)C(=CC[C@@H]4[C@@]5(C)C[C@@H](O)[C@H](O)[C@@](C)(CO)[C@H]5CC[C@]43C)[C@H]12. The predicted molar refractivity (Wildman–Crippen MR) is 168 cm³/mol. The maximum atomic E-state index is 14.4. The smallest absolute Gasteiger partial charge is 0.315 e. The van der Waals surface area contributed by atoms with Crippen LogP contribution in [-0.2, 0) is 14.3 Å². The van der Waals surface area contributed by atoms with Crippen LogP contribution in [0.4, 0.5) is 0 Å². The number of carbonyl (C=O) groups excluding carboxylic acids is 1. The van der Waals surface area contributed by atoms with E-state index in [1.807, 2.05) is 6.92 Å². The molecule has 0 radical (unpaired) electrons. The molecule has 10 nitrogen and oxygen atoms in total. The summed E-state index contributed by atoms with van der Waals surface area (Å²) in [6.45, 7) is 12.7. The van der Waals surface area contributed by atoms with Crippen molar-refractivity contribution in [2.75, 3.05) is 13.2 Å². The summed E-state index contributed by atoms with van der Waals surface area (Å²) in [4.78, 5) is 14.4. The molecule has 5 aliphatic carbocycles. The standard InChI is InChI=1S/C36H58O10/c1-18-9-12-36(31(44)46-30-28(42)27(41)26(40)22(16-37)45-30)14-13-34(5)20(25(36)19(18)2)7-8-24-32(3)15-21(39)29(43)33(4,17-38)23(32)10-11-35(24,34)6/h7,18-19,21-30,37-43H,8-17H2,1-6H3/t18-,19+,21-,22-,23+,24-,25+,26-,27+,28-,29+,30+,32+,33+,34-,35-,36+/m1/s1. The molecular formula is C36H58O10. The highest BCUT2D eigenvalue weighted by Crippen LogP contribution is 2.75. The number of rotatable bonds is 4. The number of hydrogen-bond acceptors (Lipinski definition) is 10. The zero-order valence-electron chi connectivity index (χ0n) is 28.4. The molecule has 0 amide bonds. The number of fused-ring (bicyclic) bond motifs is 7. The molecule has 1 heterocycles. The molecule has 0 aromatic heterocycles. The highest BCUT2D eigenvalue weighted by molar-refractivity contribution is 5.79. The molecule has 6 aliphatic rings. The molecule has 4 saturated carbocycles. The Kier molecular flexibility index (Phi) is 8.66. The molecule has 0 unspecified atom stereocenters. The topological polar surface area (TPSA) is 177 Å². The largest absolute Gasteiger partial charge is 0.432 e. The van der Waals surface area contributed by atoms with Crippen LogP contribution in [0.25, 0.3) is 0 Å². The van der Waals surface area contributed by atoms with Crippen LogP contribution >= 0.6 is 0 Å². The first kappa shape index (κ1) is 34.7. The van der Waals surface area contributed by atoms with Gasteiger partial charge in [-0.15, -0.1) is 0 Å². The summed E-state index contributed by atoms with van der Waals surface area (Å²) in [5.41, 5.74) is -1.01. The molecule has 0 spiro atoms. The fourth-order valence-electron chi connectivity index (χ4n) is 12.4. The number of allylic oxidation sites excluding steroid dienone is 2. The van der Waals surface area contributed by atoms with E-state index in [0.717, 1.165) is 32.1 Å². The summed E-state index contributed by atoms with van der Waals surface area (Å²) in [5, 5.41) is 73.8. The lowest BCUT2D eigenvalue weighted by Crippen LogP contribution is -2.68. The number of aliphatic hydroxyl groups excluding tert-OH is 7. The summed E-state index contributed by atoms with van der Waals surface area (Å²) in [6.07, 6.45) is -1.11. The monoisotopic (exact) mass is 650 g/mol. The first-order valence-corrected chi connectivity index (χ1v) is 17.7. The van der Waals surface area contributed by atoms with Crippen molar-refractivity contribution in [3.8, 4) is 0 Å². The summed E-state index contributed by atoms with van der Waals surface area (Å²) in [7, 11) is 0. The summed E-state index contributed by atoms with van der Waals surface area (Å²) < 4.78 is 11.5. The second-order valence-electron chi connectivity index (χ2n) is 17.3. The van der Waals surface area contributed by atoms with Crippen LogP contribution in [0.2, 0.25) is 0 Å². The molecule has 17 atom stereocenters. The van der Waals surface area contributed by atoms with Gasteiger partial charge in [-0.1, -0.05) is 53.2 Å². The quantitative estimate of drug-likeness (QED) is 0.177. The van der Waals surface area contributed by atoms with Gasteiger partial charge in [0.1, 0.15) is 24.4 Å². The third-order valence-corrected chi connectivity index (χ3v) is 15.6. The molecule has 6 rings (SSSR count). The van der Waals surface area contributed by atoms with Crippen LogP contribution in [0.5, 0.6) is 0 Å². The second-order valence-corrected chi connectivity index (χ2v) is 17.3. The third kappa shape index (κ3) is 4.46. The number of carbonyl (C=O) groups is 1. The van der Waals surface area contributed by atoms with Gasteiger partial charge in [0.15, 0.2) is 0 Å². The van der Waals surface area contributed by atoms with Crippen molar-refractivity contribution in [2.24, 2.45) is 56.7 Å². The van der Waals surface area contributed by atoms with E-state index < -0.39 is 66.3 Å². The van der Waals surface area contributed by atoms with Crippen molar-refractivity contribution in [1.29, 1.82) is 0 Å². The average Bonchev–Trinajstić information content (AvgIpc) is 3.02. The minimum absolute atomic E-state index is 0.0600. The van der Waals surface area contributed by atoms with Crippen LogP contribution in [0.1, 0.15) is 92.9 Å². The zero-order chi connectivity index (χ0) is 33.8. The lowest BCUT2D eigenvalue weighted by molar-refractivity contribution is -0.297. The highest BCUT2D eigenvalue weighted by atomic mass is 16.7. The maximum Gasteiger partial charge on any atom is 0.315 e. The van der Waals surface area contributed by atoms with Gasteiger partial charge >= 0.3 is 5.97 Å². The van der Waals surface area contributed by atoms with Crippen LogP contribution in [0.3, 0.4) is 0 Å². The van der Waals surface area contributed by atoms with Crippen LogP contribution in [0, 0.1) is 56.7 Å². The Labute approximate surface area is 273 Å². The lowest BCUT2D eigenvalue weighted by Gasteiger charge is -2.71. The molecule has 7 N–H and O–H groups in total. The molecule has 1 saturated heterocycles. The molecule has 0 aromatic rings. The minimum atomic E-state index is -1.65. The molecule has 0 bridgehead atoms. The van der Waals surface area contributed by atoms with Gasteiger partial charge in [0.2, 0.25) is 6.29 Å². The molecule has 1 aliphatic heterocycles. The van der Waals surface area contributed by atoms with Gasteiger partial charge in [-0.05, 0) is 97.2 Å². The molecule has 10 heteroatoms. The van der Waals surface area contributed by atoms with E-state index in [9.17, 15) is 40.5 Å². The van der Waals surface area contributed by atoms with Crippen molar-refractivity contribution in [1.82, 2.24) is 0 Å². The lowest BCUT2D eigenvalue weighted by atomic mass is 9.33. The Morgan fingerprint density at radius 2 is 1.61 bits per heavy atom. The summed E-state index contributed by atoms with van der Waals surface area (Å²) in [5.74, 6) is 0.265. The van der Waals surface area contributed by atoms with Crippen molar-refractivity contribution in [3.63, 3.8) is 0 Å². The fraction of sp³-hybridized carbons (Fsp3) is 0.917. The summed E-state index contributed by atoms with van der Waals surface area (Å²) >= 11 is 0. The van der Waals surface area contributed by atoms with E-state index in [4.69, 9.17) is 9.47 Å². The van der Waals surface area contributed by atoms with Gasteiger partial charge in [-0.2, -0.15) is 0 Å². The number of aliphatic hydroxyl groups is 7. The molecule has 5 fully saturated rings. The van der Waals surface area contributed by atoms with Crippen LogP contribution in [0.15, 0.2) is 11.6 Å². The van der Waals surface area contributed by atoms with Crippen LogP contribution < -0.4 is 0 Å². The number of hydrogen-bond donors (Lipinski definition) is 7. The molecule has 46 heavy (non-hydrogen) atoms.